The molecule has 4 rings (SSSR count). The Bertz CT molecular complexity index is 1080. The van der Waals surface area contributed by atoms with E-state index >= 15 is 4.39 Å². The lowest BCUT2D eigenvalue weighted by atomic mass is 9.92. The summed E-state index contributed by atoms with van der Waals surface area (Å²) in [6, 6.07) is 11.1. The molecule has 0 aliphatic heterocycles. The fourth-order valence-corrected chi connectivity index (χ4v) is 4.26. The van der Waals surface area contributed by atoms with Crippen LogP contribution in [-0.2, 0) is 6.42 Å². The summed E-state index contributed by atoms with van der Waals surface area (Å²) in [6.45, 7) is 1.69. The van der Waals surface area contributed by atoms with Crippen LogP contribution in [0.1, 0.15) is 52.7 Å². The number of benzene rings is 2. The third-order valence-electron chi connectivity index (χ3n) is 6.17. The molecule has 2 atom stereocenters. The Morgan fingerprint density at radius 1 is 1.28 bits per heavy atom. The quantitative estimate of drug-likeness (QED) is 0.612. The molecular weight excluding hydrogens is 409 g/mol. The van der Waals surface area contributed by atoms with E-state index < -0.39 is 17.8 Å². The van der Waals surface area contributed by atoms with Gasteiger partial charge in [0.15, 0.2) is 11.6 Å². The monoisotopic (exact) mass is 437 g/mol. The molecule has 0 bridgehead atoms. The maximum atomic E-state index is 15.1. The first-order valence-electron chi connectivity index (χ1n) is 10.9. The smallest absolute Gasteiger partial charge is 0.255 e. The lowest BCUT2D eigenvalue weighted by Gasteiger charge is -2.28. The molecule has 0 saturated heterocycles. The maximum absolute atomic E-state index is 15.1. The molecular formula is C25H28FN3O3. The Labute approximate surface area is 187 Å². The molecule has 1 aromatic heterocycles. The molecule has 2 unspecified atom stereocenters. The lowest BCUT2D eigenvalue weighted by molar-refractivity contribution is 0.0714. The van der Waals surface area contributed by atoms with E-state index in [1.807, 2.05) is 36.5 Å². The zero-order valence-corrected chi connectivity index (χ0v) is 18.3. The third-order valence-corrected chi connectivity index (χ3v) is 6.17. The molecule has 0 spiro atoms. The van der Waals surface area contributed by atoms with Gasteiger partial charge >= 0.3 is 0 Å². The van der Waals surface area contributed by atoms with Gasteiger partial charge in [-0.15, -0.1) is 0 Å². The minimum absolute atomic E-state index is 0.0666. The summed E-state index contributed by atoms with van der Waals surface area (Å²) in [4.78, 5) is 13.0. The zero-order valence-electron chi connectivity index (χ0n) is 18.3. The summed E-state index contributed by atoms with van der Waals surface area (Å²) < 4.78 is 22.1. The SMILES string of the molecule is COc1c(C(=O)NC2CCCCC2O)cc(Cc2ccc(-n3cccn3)cc2)c(C)c1F. The first-order valence-corrected chi connectivity index (χ1v) is 10.9. The van der Waals surface area contributed by atoms with Crippen LogP contribution >= 0.6 is 0 Å². The standard InChI is InChI=1S/C25H28FN3O3/c1-16-18(14-17-8-10-19(11-9-17)29-13-5-12-27-29)15-20(24(32-2)23(16)26)25(31)28-21-6-3-4-7-22(21)30/h5,8-13,15,21-22,30H,3-4,6-7,14H2,1-2H3,(H,28,31). The van der Waals surface area contributed by atoms with Crippen LogP contribution in [0.2, 0.25) is 0 Å². The highest BCUT2D eigenvalue weighted by Crippen LogP contribution is 2.30. The van der Waals surface area contributed by atoms with Gasteiger partial charge in [-0.3, -0.25) is 4.79 Å². The van der Waals surface area contributed by atoms with Gasteiger partial charge in [-0.2, -0.15) is 5.10 Å². The van der Waals surface area contributed by atoms with E-state index in [-0.39, 0.29) is 17.4 Å². The van der Waals surface area contributed by atoms with Crippen molar-refractivity contribution in [3.63, 3.8) is 0 Å². The number of aromatic nitrogens is 2. The first kappa shape index (κ1) is 22.0. The number of nitrogens with one attached hydrogen (secondary N) is 1. The van der Waals surface area contributed by atoms with Gasteiger partial charge in [0.25, 0.3) is 5.91 Å². The predicted molar refractivity (Wildman–Crippen MR) is 120 cm³/mol. The Morgan fingerprint density at radius 2 is 2.03 bits per heavy atom. The van der Waals surface area contributed by atoms with Crippen molar-refractivity contribution in [2.45, 2.75) is 51.2 Å². The largest absolute Gasteiger partial charge is 0.493 e. The Morgan fingerprint density at radius 3 is 2.69 bits per heavy atom. The van der Waals surface area contributed by atoms with E-state index in [0.29, 0.717) is 30.4 Å². The van der Waals surface area contributed by atoms with Gasteiger partial charge in [0.1, 0.15) is 0 Å². The number of methoxy groups -OCH3 is 1. The Hall–Kier alpha value is -3.19. The van der Waals surface area contributed by atoms with Crippen LogP contribution in [0, 0.1) is 12.7 Å². The molecule has 2 N–H and O–H groups in total. The van der Waals surface area contributed by atoms with Gasteiger partial charge in [-0.1, -0.05) is 25.0 Å². The van der Waals surface area contributed by atoms with E-state index in [2.05, 4.69) is 10.4 Å². The van der Waals surface area contributed by atoms with Gasteiger partial charge in [-0.25, -0.2) is 9.07 Å². The molecule has 32 heavy (non-hydrogen) atoms. The number of rotatable bonds is 6. The highest BCUT2D eigenvalue weighted by atomic mass is 19.1. The summed E-state index contributed by atoms with van der Waals surface area (Å²) >= 11 is 0. The number of halogens is 1. The molecule has 7 heteroatoms. The molecule has 2 aromatic carbocycles. The topological polar surface area (TPSA) is 76.4 Å². The fourth-order valence-electron chi connectivity index (χ4n) is 4.26. The Kier molecular flexibility index (Phi) is 6.55. The second-order valence-electron chi connectivity index (χ2n) is 8.28. The number of nitrogens with zero attached hydrogens (tertiary/aromatic N) is 2. The second-order valence-corrected chi connectivity index (χ2v) is 8.28. The fraction of sp³-hybridized carbons (Fsp3) is 0.360. The van der Waals surface area contributed by atoms with Crippen molar-refractivity contribution in [1.82, 2.24) is 15.1 Å². The number of hydrogen-bond acceptors (Lipinski definition) is 4. The molecule has 1 heterocycles. The van der Waals surface area contributed by atoms with Crippen LogP contribution < -0.4 is 10.1 Å². The minimum atomic E-state index is -0.582. The highest BCUT2D eigenvalue weighted by Gasteiger charge is 2.27. The summed E-state index contributed by atoms with van der Waals surface area (Å²) in [7, 11) is 1.36. The molecule has 1 saturated carbocycles. The van der Waals surface area contributed by atoms with Crippen molar-refractivity contribution in [3.05, 3.63) is 76.9 Å². The van der Waals surface area contributed by atoms with E-state index in [9.17, 15) is 9.90 Å². The lowest BCUT2D eigenvalue weighted by Crippen LogP contribution is -2.45. The van der Waals surface area contributed by atoms with Crippen molar-refractivity contribution in [2.75, 3.05) is 7.11 Å². The van der Waals surface area contributed by atoms with Crippen molar-refractivity contribution < 1.29 is 19.0 Å². The minimum Gasteiger partial charge on any atom is -0.493 e. The number of hydrogen-bond donors (Lipinski definition) is 2. The van der Waals surface area contributed by atoms with Crippen LogP contribution in [0.15, 0.2) is 48.8 Å². The molecule has 1 aliphatic rings. The molecule has 0 radical (unpaired) electrons. The van der Waals surface area contributed by atoms with Gasteiger partial charge in [0.2, 0.25) is 0 Å². The molecule has 168 valence electrons. The van der Waals surface area contributed by atoms with E-state index in [1.54, 1.807) is 23.9 Å². The van der Waals surface area contributed by atoms with Crippen LogP contribution in [0.4, 0.5) is 4.39 Å². The molecule has 6 nitrogen and oxygen atoms in total. The van der Waals surface area contributed by atoms with Crippen molar-refractivity contribution >= 4 is 5.91 Å². The zero-order chi connectivity index (χ0) is 22.7. The predicted octanol–water partition coefficient (Wildman–Crippen LogP) is 3.95. The maximum Gasteiger partial charge on any atom is 0.255 e. The van der Waals surface area contributed by atoms with Crippen LogP contribution in [-0.4, -0.2) is 40.0 Å². The number of aliphatic hydroxyl groups excluding tert-OH is 1. The normalized spacial score (nSPS) is 18.4. The molecule has 1 aliphatic carbocycles. The van der Waals surface area contributed by atoms with Crippen LogP contribution in [0.3, 0.4) is 0 Å². The summed E-state index contributed by atoms with van der Waals surface area (Å²) in [5.41, 5.74) is 3.23. The molecule has 1 fully saturated rings. The average Bonchev–Trinajstić information content (AvgIpc) is 3.34. The molecule has 3 aromatic rings. The summed E-state index contributed by atoms with van der Waals surface area (Å²) in [6.07, 6.45) is 6.73. The van der Waals surface area contributed by atoms with Crippen LogP contribution in [0.25, 0.3) is 5.69 Å². The van der Waals surface area contributed by atoms with E-state index in [4.69, 9.17) is 4.74 Å². The number of ether oxygens (including phenoxy) is 1. The van der Waals surface area contributed by atoms with E-state index in [0.717, 1.165) is 24.1 Å². The van der Waals surface area contributed by atoms with Gasteiger partial charge in [0.05, 0.1) is 30.5 Å². The van der Waals surface area contributed by atoms with Crippen LogP contribution in [0.5, 0.6) is 5.75 Å². The van der Waals surface area contributed by atoms with Gasteiger partial charge < -0.3 is 15.2 Å². The highest BCUT2D eigenvalue weighted by molar-refractivity contribution is 5.97. The Balaban J connectivity index is 1.60. The third kappa shape index (κ3) is 4.53. The van der Waals surface area contributed by atoms with Crippen molar-refractivity contribution in [3.8, 4) is 11.4 Å². The average molecular weight is 438 g/mol. The molecule has 1 amide bonds. The summed E-state index contributed by atoms with van der Waals surface area (Å²) in [5, 5.41) is 17.3. The van der Waals surface area contributed by atoms with Gasteiger partial charge in [0, 0.05) is 12.4 Å². The second kappa shape index (κ2) is 9.53. The van der Waals surface area contributed by atoms with E-state index in [1.165, 1.54) is 7.11 Å². The number of amides is 1. The first-order chi connectivity index (χ1) is 15.5. The van der Waals surface area contributed by atoms with Crippen molar-refractivity contribution in [1.29, 1.82) is 0 Å². The number of carbonyl (C=O) groups excluding carboxylic acids is 1. The van der Waals surface area contributed by atoms with Gasteiger partial charge in [-0.05, 0) is 67.1 Å². The van der Waals surface area contributed by atoms with Crippen molar-refractivity contribution in [2.24, 2.45) is 0 Å². The number of aliphatic hydroxyl groups is 1. The number of carbonyl (C=O) groups is 1. The summed E-state index contributed by atoms with van der Waals surface area (Å²) in [5.74, 6) is -1.03.